The third-order valence-corrected chi connectivity index (χ3v) is 3.45. The van der Waals surface area contributed by atoms with Crippen molar-refractivity contribution >= 4 is 0 Å². The molecule has 0 N–H and O–H groups in total. The summed E-state index contributed by atoms with van der Waals surface area (Å²) in [5, 5.41) is 8.96. The molecule has 0 aliphatic heterocycles. The van der Waals surface area contributed by atoms with E-state index in [9.17, 15) is 0 Å². The molecular weight excluding hydrogens is 134 g/mol. The molecule has 1 heteroatoms. The van der Waals surface area contributed by atoms with Crippen LogP contribution in [0.2, 0.25) is 0 Å². The summed E-state index contributed by atoms with van der Waals surface area (Å²) >= 11 is 0. The summed E-state index contributed by atoms with van der Waals surface area (Å²) in [5.41, 5.74) is 0.144. The molecule has 0 bridgehead atoms. The Bertz CT molecular complexity index is 182. The highest BCUT2D eigenvalue weighted by molar-refractivity contribution is 5.05. The number of nitrogens with zero attached hydrogens (tertiary/aromatic N) is 1. The van der Waals surface area contributed by atoms with Crippen LogP contribution < -0.4 is 0 Å². The summed E-state index contributed by atoms with van der Waals surface area (Å²) in [6.07, 6.45) is 9.06. The van der Waals surface area contributed by atoms with E-state index in [4.69, 9.17) is 5.26 Å². The van der Waals surface area contributed by atoms with Crippen molar-refractivity contribution in [2.24, 2.45) is 11.3 Å². The Morgan fingerprint density at radius 1 is 1.27 bits per heavy atom. The lowest BCUT2D eigenvalue weighted by atomic mass is 9.62. The summed E-state index contributed by atoms with van der Waals surface area (Å²) in [7, 11) is 0. The molecule has 2 rings (SSSR count). The Balaban J connectivity index is 1.87. The van der Waals surface area contributed by atoms with E-state index in [-0.39, 0.29) is 5.41 Å². The second-order valence-corrected chi connectivity index (χ2v) is 4.25. The summed E-state index contributed by atoms with van der Waals surface area (Å²) in [6, 6.07) is 2.51. The summed E-state index contributed by atoms with van der Waals surface area (Å²) in [4.78, 5) is 0. The first-order valence-corrected chi connectivity index (χ1v) is 4.76. The second kappa shape index (κ2) is 2.52. The molecule has 2 aliphatic rings. The highest BCUT2D eigenvalue weighted by atomic mass is 14.5. The molecule has 0 heterocycles. The molecule has 0 amide bonds. The molecule has 60 valence electrons. The van der Waals surface area contributed by atoms with Gasteiger partial charge in [0.15, 0.2) is 0 Å². The van der Waals surface area contributed by atoms with E-state index in [1.807, 2.05) is 0 Å². The fourth-order valence-corrected chi connectivity index (χ4v) is 2.21. The zero-order valence-corrected chi connectivity index (χ0v) is 6.97. The molecule has 2 saturated carbocycles. The minimum absolute atomic E-state index is 0.144. The van der Waals surface area contributed by atoms with Gasteiger partial charge in [-0.3, -0.25) is 0 Å². The van der Waals surface area contributed by atoms with E-state index in [0.717, 1.165) is 5.92 Å². The maximum Gasteiger partial charge on any atom is 0.0689 e. The smallest absolute Gasteiger partial charge is 0.0689 e. The average molecular weight is 149 g/mol. The van der Waals surface area contributed by atoms with Crippen molar-refractivity contribution in [2.45, 2.75) is 44.9 Å². The molecule has 0 aromatic carbocycles. The first-order valence-electron chi connectivity index (χ1n) is 4.76. The van der Waals surface area contributed by atoms with Crippen LogP contribution in [-0.4, -0.2) is 0 Å². The normalized spacial score (nSPS) is 28.3. The number of hydrogen-bond donors (Lipinski definition) is 0. The predicted molar refractivity (Wildman–Crippen MR) is 43.9 cm³/mol. The first kappa shape index (κ1) is 7.16. The largest absolute Gasteiger partial charge is 0.198 e. The number of hydrogen-bond acceptors (Lipinski definition) is 1. The third-order valence-electron chi connectivity index (χ3n) is 3.45. The van der Waals surface area contributed by atoms with Crippen LogP contribution in [0.3, 0.4) is 0 Å². The van der Waals surface area contributed by atoms with Crippen molar-refractivity contribution < 1.29 is 0 Å². The van der Waals surface area contributed by atoms with Crippen molar-refractivity contribution in [2.75, 3.05) is 0 Å². The Hall–Kier alpha value is -0.510. The van der Waals surface area contributed by atoms with Crippen LogP contribution >= 0.6 is 0 Å². The lowest BCUT2D eigenvalue weighted by Gasteiger charge is -2.40. The zero-order chi connectivity index (χ0) is 7.73. The average Bonchev–Trinajstić information content (AvgIpc) is 1.83. The van der Waals surface area contributed by atoms with Crippen LogP contribution in [0.15, 0.2) is 0 Å². The molecule has 0 radical (unpaired) electrons. The van der Waals surface area contributed by atoms with Gasteiger partial charge >= 0.3 is 0 Å². The van der Waals surface area contributed by atoms with Crippen molar-refractivity contribution in [3.05, 3.63) is 0 Å². The Kier molecular flexibility index (Phi) is 1.64. The molecule has 0 spiro atoms. The number of rotatable bonds is 2. The maximum absolute atomic E-state index is 8.96. The molecule has 0 atom stereocenters. The molecule has 0 aromatic rings. The van der Waals surface area contributed by atoms with E-state index in [1.165, 1.54) is 44.9 Å². The number of nitriles is 1. The van der Waals surface area contributed by atoms with Gasteiger partial charge in [0, 0.05) is 0 Å². The standard InChI is InChI=1S/C10H15N/c11-8-10(5-2-6-10)7-9-3-1-4-9/h9H,1-7H2. The van der Waals surface area contributed by atoms with Crippen LogP contribution in [-0.2, 0) is 0 Å². The lowest BCUT2D eigenvalue weighted by molar-refractivity contribution is 0.127. The van der Waals surface area contributed by atoms with Gasteiger partial charge in [0.1, 0.15) is 0 Å². The fourth-order valence-electron chi connectivity index (χ4n) is 2.21. The monoisotopic (exact) mass is 149 g/mol. The van der Waals surface area contributed by atoms with Crippen molar-refractivity contribution in [1.29, 1.82) is 5.26 Å². The quantitative estimate of drug-likeness (QED) is 0.592. The minimum atomic E-state index is 0.144. The molecule has 2 fully saturated rings. The van der Waals surface area contributed by atoms with Crippen LogP contribution in [0.1, 0.15) is 44.9 Å². The Morgan fingerprint density at radius 3 is 2.27 bits per heavy atom. The third kappa shape index (κ3) is 1.15. The molecule has 1 nitrogen and oxygen atoms in total. The molecule has 0 aromatic heterocycles. The van der Waals surface area contributed by atoms with Gasteiger partial charge in [0.25, 0.3) is 0 Å². The van der Waals surface area contributed by atoms with E-state index in [0.29, 0.717) is 0 Å². The van der Waals surface area contributed by atoms with Gasteiger partial charge in [0.05, 0.1) is 11.5 Å². The summed E-state index contributed by atoms with van der Waals surface area (Å²) in [5.74, 6) is 0.912. The molecule has 0 saturated heterocycles. The Morgan fingerprint density at radius 2 is 2.00 bits per heavy atom. The SMILES string of the molecule is N#CC1(CC2CCC2)CCC1. The Labute approximate surface area is 68.4 Å². The molecule has 2 aliphatic carbocycles. The summed E-state index contributed by atoms with van der Waals surface area (Å²) in [6.45, 7) is 0. The molecule has 11 heavy (non-hydrogen) atoms. The van der Waals surface area contributed by atoms with E-state index in [2.05, 4.69) is 6.07 Å². The van der Waals surface area contributed by atoms with Crippen LogP contribution in [0.5, 0.6) is 0 Å². The predicted octanol–water partition coefficient (Wildman–Crippen LogP) is 2.87. The van der Waals surface area contributed by atoms with Gasteiger partial charge in [-0.05, 0) is 25.2 Å². The van der Waals surface area contributed by atoms with Crippen LogP contribution in [0, 0.1) is 22.7 Å². The van der Waals surface area contributed by atoms with Crippen molar-refractivity contribution in [3.8, 4) is 6.07 Å². The van der Waals surface area contributed by atoms with Gasteiger partial charge in [-0.15, -0.1) is 0 Å². The van der Waals surface area contributed by atoms with Gasteiger partial charge < -0.3 is 0 Å². The highest BCUT2D eigenvalue weighted by Gasteiger charge is 2.40. The first-order chi connectivity index (χ1) is 5.35. The van der Waals surface area contributed by atoms with Crippen molar-refractivity contribution in [1.82, 2.24) is 0 Å². The van der Waals surface area contributed by atoms with Crippen molar-refractivity contribution in [3.63, 3.8) is 0 Å². The fraction of sp³-hybridized carbons (Fsp3) is 0.900. The van der Waals surface area contributed by atoms with Gasteiger partial charge in [-0.25, -0.2) is 0 Å². The maximum atomic E-state index is 8.96. The van der Waals surface area contributed by atoms with Crippen LogP contribution in [0.4, 0.5) is 0 Å². The van der Waals surface area contributed by atoms with E-state index >= 15 is 0 Å². The van der Waals surface area contributed by atoms with E-state index < -0.39 is 0 Å². The molecule has 0 unspecified atom stereocenters. The van der Waals surface area contributed by atoms with Gasteiger partial charge in [0.2, 0.25) is 0 Å². The molecular formula is C10H15N. The lowest BCUT2D eigenvalue weighted by Crippen LogP contribution is -2.32. The zero-order valence-electron chi connectivity index (χ0n) is 6.97. The topological polar surface area (TPSA) is 23.8 Å². The highest BCUT2D eigenvalue weighted by Crippen LogP contribution is 2.48. The second-order valence-electron chi connectivity index (χ2n) is 4.25. The van der Waals surface area contributed by atoms with Crippen LogP contribution in [0.25, 0.3) is 0 Å². The van der Waals surface area contributed by atoms with Gasteiger partial charge in [-0.1, -0.05) is 25.7 Å². The van der Waals surface area contributed by atoms with E-state index in [1.54, 1.807) is 0 Å². The summed E-state index contributed by atoms with van der Waals surface area (Å²) < 4.78 is 0. The van der Waals surface area contributed by atoms with Gasteiger partial charge in [-0.2, -0.15) is 5.26 Å². The minimum Gasteiger partial charge on any atom is -0.198 e.